The summed E-state index contributed by atoms with van der Waals surface area (Å²) in [6.45, 7) is 2.00. The van der Waals surface area contributed by atoms with Gasteiger partial charge in [-0.2, -0.15) is 0 Å². The van der Waals surface area contributed by atoms with Crippen LogP contribution in [0.4, 0.5) is 0 Å². The highest BCUT2D eigenvalue weighted by molar-refractivity contribution is 7.14. The number of benzene rings is 1. The fraction of sp³-hybridized carbons (Fsp3) is 0.0714. The number of ketones is 1. The van der Waals surface area contributed by atoms with Crippen LogP contribution < -0.4 is 0 Å². The molecule has 3 aromatic rings. The Morgan fingerprint density at radius 1 is 1.28 bits per heavy atom. The molecule has 2 aromatic heterocycles. The molecule has 4 heteroatoms. The highest BCUT2D eigenvalue weighted by atomic mass is 35.5. The number of nitrogens with one attached hydrogen (secondary N) is 1. The van der Waals surface area contributed by atoms with Gasteiger partial charge in [-0.3, -0.25) is 4.79 Å². The van der Waals surface area contributed by atoms with E-state index in [1.165, 1.54) is 11.3 Å². The van der Waals surface area contributed by atoms with E-state index < -0.39 is 0 Å². The molecule has 0 aliphatic carbocycles. The number of hydrogen-bond donors (Lipinski definition) is 1. The molecule has 3 rings (SSSR count). The van der Waals surface area contributed by atoms with Crippen LogP contribution in [0.1, 0.15) is 20.1 Å². The fourth-order valence-corrected chi connectivity index (χ4v) is 2.97. The lowest BCUT2D eigenvalue weighted by molar-refractivity contribution is 0.104. The smallest absolute Gasteiger partial charge is 0.205 e. The summed E-state index contributed by atoms with van der Waals surface area (Å²) in [5, 5.41) is 1.57. The molecule has 0 unspecified atom stereocenters. The summed E-state index contributed by atoms with van der Waals surface area (Å²) in [7, 11) is 0. The molecule has 0 aliphatic heterocycles. The molecule has 0 saturated carbocycles. The molecule has 0 saturated heterocycles. The molecule has 2 nitrogen and oxygen atoms in total. The van der Waals surface area contributed by atoms with Crippen molar-refractivity contribution in [3.63, 3.8) is 0 Å². The van der Waals surface area contributed by atoms with E-state index in [0.717, 1.165) is 20.7 Å². The average Bonchev–Trinajstić information content (AvgIpc) is 2.94. The number of thiophene rings is 1. The van der Waals surface area contributed by atoms with E-state index in [1.807, 2.05) is 31.2 Å². The Labute approximate surface area is 113 Å². The molecular weight excluding hydrogens is 266 g/mol. The van der Waals surface area contributed by atoms with E-state index in [2.05, 4.69) is 4.98 Å². The van der Waals surface area contributed by atoms with Gasteiger partial charge in [0.05, 0.1) is 4.88 Å². The van der Waals surface area contributed by atoms with Crippen molar-refractivity contribution >= 4 is 39.6 Å². The number of hydrogen-bond acceptors (Lipinski definition) is 2. The summed E-state index contributed by atoms with van der Waals surface area (Å²) in [4.78, 5) is 17.4. The highest BCUT2D eigenvalue weighted by Crippen LogP contribution is 2.26. The largest absolute Gasteiger partial charge is 0.360 e. The predicted molar refractivity (Wildman–Crippen MR) is 75.8 cm³/mol. The van der Waals surface area contributed by atoms with Gasteiger partial charge in [-0.05, 0) is 31.2 Å². The lowest BCUT2D eigenvalue weighted by Gasteiger charge is -1.96. The average molecular weight is 276 g/mol. The molecule has 2 heterocycles. The zero-order chi connectivity index (χ0) is 12.7. The maximum atomic E-state index is 12.4. The standard InChI is InChI=1S/C14H10ClNOS/c1-8-2-5-13(18-8)14(17)11-7-16-12-6-9(15)3-4-10(11)12/h2-7,16H,1H3. The Morgan fingerprint density at radius 3 is 2.83 bits per heavy atom. The van der Waals surface area contributed by atoms with Crippen molar-refractivity contribution in [1.29, 1.82) is 0 Å². The molecule has 1 aromatic carbocycles. The number of rotatable bonds is 2. The Morgan fingerprint density at radius 2 is 2.11 bits per heavy atom. The third kappa shape index (κ3) is 1.85. The summed E-state index contributed by atoms with van der Waals surface area (Å²) in [5.74, 6) is 0.0571. The lowest BCUT2D eigenvalue weighted by Crippen LogP contribution is -1.96. The second-order valence-electron chi connectivity index (χ2n) is 4.13. The summed E-state index contributed by atoms with van der Waals surface area (Å²) < 4.78 is 0. The van der Waals surface area contributed by atoms with Gasteiger partial charge in [0.25, 0.3) is 0 Å². The van der Waals surface area contributed by atoms with Crippen LogP contribution in [0.2, 0.25) is 5.02 Å². The minimum Gasteiger partial charge on any atom is -0.360 e. The van der Waals surface area contributed by atoms with E-state index in [-0.39, 0.29) is 5.78 Å². The predicted octanol–water partition coefficient (Wildman–Crippen LogP) is 4.42. The first-order chi connectivity index (χ1) is 8.65. The van der Waals surface area contributed by atoms with Gasteiger partial charge >= 0.3 is 0 Å². The molecule has 0 amide bonds. The topological polar surface area (TPSA) is 32.9 Å². The molecule has 0 radical (unpaired) electrons. The van der Waals surface area contributed by atoms with Gasteiger partial charge in [-0.1, -0.05) is 17.7 Å². The van der Waals surface area contributed by atoms with E-state index >= 15 is 0 Å². The number of carbonyl (C=O) groups is 1. The van der Waals surface area contributed by atoms with Gasteiger partial charge < -0.3 is 4.98 Å². The third-order valence-corrected chi connectivity index (χ3v) is 4.09. The third-order valence-electron chi connectivity index (χ3n) is 2.85. The fourth-order valence-electron chi connectivity index (χ4n) is 1.98. The normalized spacial score (nSPS) is 11.0. The van der Waals surface area contributed by atoms with Gasteiger partial charge in [0.15, 0.2) is 0 Å². The number of carbonyl (C=O) groups excluding carboxylic acids is 1. The number of H-pyrrole nitrogens is 1. The molecule has 0 bridgehead atoms. The van der Waals surface area contributed by atoms with Crippen LogP contribution >= 0.6 is 22.9 Å². The second kappa shape index (κ2) is 4.26. The maximum absolute atomic E-state index is 12.4. The monoisotopic (exact) mass is 275 g/mol. The van der Waals surface area contributed by atoms with Gasteiger partial charge in [-0.25, -0.2) is 0 Å². The summed E-state index contributed by atoms with van der Waals surface area (Å²) in [6, 6.07) is 9.34. The number of halogens is 1. The number of aromatic amines is 1. The Bertz CT molecular complexity index is 741. The summed E-state index contributed by atoms with van der Waals surface area (Å²) >= 11 is 7.44. The van der Waals surface area contributed by atoms with Crippen molar-refractivity contribution in [3.05, 3.63) is 56.9 Å². The van der Waals surface area contributed by atoms with Gasteiger partial charge in [0.2, 0.25) is 5.78 Å². The zero-order valence-corrected chi connectivity index (χ0v) is 11.2. The molecule has 0 fully saturated rings. The Hall–Kier alpha value is -1.58. The van der Waals surface area contributed by atoms with Crippen molar-refractivity contribution in [1.82, 2.24) is 4.98 Å². The van der Waals surface area contributed by atoms with Gasteiger partial charge in [-0.15, -0.1) is 11.3 Å². The van der Waals surface area contributed by atoms with Crippen LogP contribution in [0.3, 0.4) is 0 Å². The summed E-state index contributed by atoms with van der Waals surface area (Å²) in [6.07, 6.45) is 1.75. The Kier molecular flexibility index (Phi) is 2.73. The first-order valence-corrected chi connectivity index (χ1v) is 6.72. The minimum atomic E-state index is 0.0571. The van der Waals surface area contributed by atoms with Crippen LogP contribution in [0.15, 0.2) is 36.5 Å². The SMILES string of the molecule is Cc1ccc(C(=O)c2c[nH]c3cc(Cl)ccc23)s1. The van der Waals surface area contributed by atoms with Gasteiger partial charge in [0, 0.05) is 32.6 Å². The highest BCUT2D eigenvalue weighted by Gasteiger charge is 2.15. The van der Waals surface area contributed by atoms with E-state index in [9.17, 15) is 4.79 Å². The van der Waals surface area contributed by atoms with E-state index in [4.69, 9.17) is 11.6 Å². The Balaban J connectivity index is 2.12. The maximum Gasteiger partial charge on any atom is 0.205 e. The molecule has 0 spiro atoms. The number of aromatic nitrogens is 1. The number of fused-ring (bicyclic) bond motifs is 1. The van der Waals surface area contributed by atoms with Crippen molar-refractivity contribution in [2.24, 2.45) is 0 Å². The minimum absolute atomic E-state index is 0.0571. The van der Waals surface area contributed by atoms with Crippen LogP contribution in [0, 0.1) is 6.92 Å². The van der Waals surface area contributed by atoms with Crippen molar-refractivity contribution < 1.29 is 4.79 Å². The molecule has 90 valence electrons. The van der Waals surface area contributed by atoms with E-state index in [1.54, 1.807) is 12.3 Å². The number of aryl methyl sites for hydroxylation is 1. The first-order valence-electron chi connectivity index (χ1n) is 5.53. The van der Waals surface area contributed by atoms with Gasteiger partial charge in [0.1, 0.15) is 0 Å². The molecule has 0 atom stereocenters. The molecule has 1 N–H and O–H groups in total. The van der Waals surface area contributed by atoms with Crippen LogP contribution in [-0.2, 0) is 0 Å². The van der Waals surface area contributed by atoms with Crippen molar-refractivity contribution in [2.45, 2.75) is 6.92 Å². The molecule has 18 heavy (non-hydrogen) atoms. The van der Waals surface area contributed by atoms with Crippen LogP contribution in [0.5, 0.6) is 0 Å². The van der Waals surface area contributed by atoms with Crippen molar-refractivity contribution in [2.75, 3.05) is 0 Å². The molecule has 0 aliphatic rings. The van der Waals surface area contributed by atoms with Crippen LogP contribution in [-0.4, -0.2) is 10.8 Å². The lowest BCUT2D eigenvalue weighted by atomic mass is 10.1. The summed E-state index contributed by atoms with van der Waals surface area (Å²) in [5.41, 5.74) is 1.59. The quantitative estimate of drug-likeness (QED) is 0.690. The van der Waals surface area contributed by atoms with Crippen LogP contribution in [0.25, 0.3) is 10.9 Å². The zero-order valence-electron chi connectivity index (χ0n) is 9.66. The second-order valence-corrected chi connectivity index (χ2v) is 5.86. The van der Waals surface area contributed by atoms with Crippen molar-refractivity contribution in [3.8, 4) is 0 Å². The molecular formula is C14H10ClNOS. The first kappa shape index (κ1) is 11.5. The van der Waals surface area contributed by atoms with E-state index in [0.29, 0.717) is 10.6 Å².